The summed E-state index contributed by atoms with van der Waals surface area (Å²) in [5.74, 6) is 0. The second-order valence-electron chi connectivity index (χ2n) is 0.494. The number of rotatable bonds is 3. The highest BCUT2D eigenvalue weighted by molar-refractivity contribution is 3.72. The van der Waals surface area contributed by atoms with Gasteiger partial charge in [0.05, 0.1) is 0 Å². The Morgan fingerprint density at radius 3 is 1.25 bits per heavy atom. The molecule has 0 aromatic rings. The van der Waals surface area contributed by atoms with Crippen LogP contribution in [0.2, 0.25) is 0 Å². The van der Waals surface area contributed by atoms with Gasteiger partial charge in [-0.2, -0.15) is 0 Å². The minimum Gasteiger partial charge on any atom is -0.368 e. The first-order valence-corrected chi connectivity index (χ1v) is 1.38. The lowest BCUT2D eigenvalue weighted by Gasteiger charge is -1.90. The zero-order valence-electron chi connectivity index (χ0n) is 3.13. The number of aliphatic hydroxyl groups excluding tert-OH is 2. The summed E-state index contributed by atoms with van der Waals surface area (Å²) in [5, 5.41) is 15.5. The molecule has 0 atom stereocenters. The SMILES string of the molecule is C.C.OCOOCO. The monoisotopic (exact) mass is 126 g/mol. The molecule has 0 heterocycles. The minimum atomic E-state index is -0.527. The average molecular weight is 126 g/mol. The molecule has 54 valence electrons. The van der Waals surface area contributed by atoms with Gasteiger partial charge >= 0.3 is 0 Å². The van der Waals surface area contributed by atoms with E-state index >= 15 is 0 Å². The summed E-state index contributed by atoms with van der Waals surface area (Å²) in [5.41, 5.74) is 0. The molecule has 0 saturated carbocycles. The molecule has 4 nitrogen and oxygen atoms in total. The van der Waals surface area contributed by atoms with E-state index in [4.69, 9.17) is 10.2 Å². The third kappa shape index (κ3) is 17.0. The van der Waals surface area contributed by atoms with Crippen molar-refractivity contribution in [3.8, 4) is 0 Å². The van der Waals surface area contributed by atoms with Gasteiger partial charge in [0.2, 0.25) is 0 Å². The molecule has 2 N–H and O–H groups in total. The van der Waals surface area contributed by atoms with Crippen LogP contribution in [0.25, 0.3) is 0 Å². The van der Waals surface area contributed by atoms with Gasteiger partial charge in [-0.1, -0.05) is 14.9 Å². The quantitative estimate of drug-likeness (QED) is 0.244. The van der Waals surface area contributed by atoms with E-state index in [-0.39, 0.29) is 14.9 Å². The van der Waals surface area contributed by atoms with Crippen molar-refractivity contribution in [2.75, 3.05) is 13.6 Å². The highest BCUT2D eigenvalue weighted by Gasteiger charge is 1.73. The van der Waals surface area contributed by atoms with Crippen molar-refractivity contribution in [3.63, 3.8) is 0 Å². The fourth-order valence-electron chi connectivity index (χ4n) is 0.0745. The Labute approximate surface area is 49.6 Å². The lowest BCUT2D eigenvalue weighted by Crippen LogP contribution is -1.95. The molecule has 0 aliphatic carbocycles. The van der Waals surface area contributed by atoms with Crippen LogP contribution in [0.1, 0.15) is 14.9 Å². The molecule has 0 aliphatic heterocycles. The molecule has 0 aromatic heterocycles. The van der Waals surface area contributed by atoms with Crippen molar-refractivity contribution in [1.29, 1.82) is 0 Å². The van der Waals surface area contributed by atoms with Gasteiger partial charge < -0.3 is 10.2 Å². The lowest BCUT2D eigenvalue weighted by molar-refractivity contribution is -0.356. The highest BCUT2D eigenvalue weighted by atomic mass is 17.2. The fourth-order valence-corrected chi connectivity index (χ4v) is 0.0745. The van der Waals surface area contributed by atoms with Gasteiger partial charge in [-0.3, -0.25) is 0 Å². The molecule has 0 spiro atoms. The van der Waals surface area contributed by atoms with Crippen molar-refractivity contribution in [2.45, 2.75) is 14.9 Å². The molecule has 0 unspecified atom stereocenters. The van der Waals surface area contributed by atoms with Crippen molar-refractivity contribution in [2.24, 2.45) is 0 Å². The van der Waals surface area contributed by atoms with Gasteiger partial charge in [-0.15, -0.1) is 0 Å². The number of aliphatic hydroxyl groups is 2. The largest absolute Gasteiger partial charge is 0.368 e. The molecule has 0 fully saturated rings. The molecular formula is C4H14O4. The first kappa shape index (κ1) is 15.7. The molecule has 0 saturated heterocycles. The van der Waals surface area contributed by atoms with Gasteiger partial charge in [0, 0.05) is 0 Å². The van der Waals surface area contributed by atoms with Crippen LogP contribution in [0, 0.1) is 0 Å². The highest BCUT2D eigenvalue weighted by Crippen LogP contribution is 1.67. The Morgan fingerprint density at radius 1 is 0.875 bits per heavy atom. The van der Waals surface area contributed by atoms with Crippen LogP contribution < -0.4 is 0 Å². The van der Waals surface area contributed by atoms with Gasteiger partial charge in [-0.25, -0.2) is 9.78 Å². The van der Waals surface area contributed by atoms with Gasteiger partial charge in [0.25, 0.3) is 0 Å². The first-order valence-electron chi connectivity index (χ1n) is 1.38. The Hall–Kier alpha value is -0.160. The molecule has 0 bridgehead atoms. The van der Waals surface area contributed by atoms with Crippen LogP contribution in [0.5, 0.6) is 0 Å². The predicted octanol–water partition coefficient (Wildman–Crippen LogP) is 0.106. The Morgan fingerprint density at radius 2 is 1.12 bits per heavy atom. The van der Waals surface area contributed by atoms with Crippen molar-refractivity contribution < 1.29 is 20.0 Å². The Bertz CT molecular complexity index is 20.0. The molecular weight excluding hydrogens is 112 g/mol. The maximum atomic E-state index is 7.74. The minimum absolute atomic E-state index is 0. The maximum Gasteiger partial charge on any atom is 0.178 e. The molecule has 0 amide bonds. The van der Waals surface area contributed by atoms with E-state index < -0.39 is 13.6 Å². The average Bonchev–Trinajstić information content (AvgIpc) is 1.61. The number of hydrogen-bond acceptors (Lipinski definition) is 4. The smallest absolute Gasteiger partial charge is 0.178 e. The Balaban J connectivity index is -0.000000125. The molecule has 0 rings (SSSR count). The van der Waals surface area contributed by atoms with E-state index in [1.54, 1.807) is 0 Å². The summed E-state index contributed by atoms with van der Waals surface area (Å²) in [6, 6.07) is 0. The number of hydrogen-bond donors (Lipinski definition) is 2. The fraction of sp³-hybridized carbons (Fsp3) is 1.00. The van der Waals surface area contributed by atoms with E-state index in [9.17, 15) is 0 Å². The van der Waals surface area contributed by atoms with Crippen LogP contribution in [-0.2, 0) is 9.78 Å². The zero-order chi connectivity index (χ0) is 4.83. The topological polar surface area (TPSA) is 58.9 Å². The Kier molecular flexibility index (Phi) is 31.0. The molecule has 4 heteroatoms. The molecule has 0 aromatic carbocycles. The standard InChI is InChI=1S/C2H6O4.2CH4/c3-1-5-6-2-4;;/h3-4H,1-2H2;2*1H4. The summed E-state index contributed by atoms with van der Waals surface area (Å²) in [7, 11) is 0. The second-order valence-corrected chi connectivity index (χ2v) is 0.494. The molecule has 0 aliphatic rings. The normalized spacial score (nSPS) is 6.75. The van der Waals surface area contributed by atoms with Crippen molar-refractivity contribution in [1.82, 2.24) is 0 Å². The maximum absolute atomic E-state index is 7.74. The van der Waals surface area contributed by atoms with E-state index in [0.29, 0.717) is 0 Å². The van der Waals surface area contributed by atoms with E-state index in [2.05, 4.69) is 9.78 Å². The van der Waals surface area contributed by atoms with E-state index in [1.807, 2.05) is 0 Å². The zero-order valence-corrected chi connectivity index (χ0v) is 3.13. The summed E-state index contributed by atoms with van der Waals surface area (Å²) in [6.45, 7) is -1.05. The van der Waals surface area contributed by atoms with E-state index in [1.165, 1.54) is 0 Å². The van der Waals surface area contributed by atoms with Crippen molar-refractivity contribution in [3.05, 3.63) is 0 Å². The first-order chi connectivity index (χ1) is 2.91. The summed E-state index contributed by atoms with van der Waals surface area (Å²) in [4.78, 5) is 7.58. The predicted molar refractivity (Wildman–Crippen MR) is 29.8 cm³/mol. The van der Waals surface area contributed by atoms with Crippen LogP contribution in [-0.4, -0.2) is 23.8 Å². The second kappa shape index (κ2) is 15.8. The summed E-state index contributed by atoms with van der Waals surface area (Å²) in [6.07, 6.45) is 0. The summed E-state index contributed by atoms with van der Waals surface area (Å²) >= 11 is 0. The lowest BCUT2D eigenvalue weighted by atomic mass is 11.5. The molecule has 0 radical (unpaired) electrons. The van der Waals surface area contributed by atoms with E-state index in [0.717, 1.165) is 0 Å². The summed E-state index contributed by atoms with van der Waals surface area (Å²) < 4.78 is 0. The van der Waals surface area contributed by atoms with Crippen LogP contribution in [0.15, 0.2) is 0 Å². The van der Waals surface area contributed by atoms with Crippen LogP contribution >= 0.6 is 0 Å². The van der Waals surface area contributed by atoms with Crippen LogP contribution in [0.4, 0.5) is 0 Å². The van der Waals surface area contributed by atoms with Crippen LogP contribution in [0.3, 0.4) is 0 Å². The van der Waals surface area contributed by atoms with Gasteiger partial charge in [0.15, 0.2) is 13.6 Å². The third-order valence-corrected chi connectivity index (χ3v) is 0.189. The van der Waals surface area contributed by atoms with Gasteiger partial charge in [-0.05, 0) is 0 Å². The van der Waals surface area contributed by atoms with Gasteiger partial charge in [0.1, 0.15) is 0 Å². The molecule has 8 heavy (non-hydrogen) atoms. The third-order valence-electron chi connectivity index (χ3n) is 0.189. The van der Waals surface area contributed by atoms with Crippen molar-refractivity contribution >= 4 is 0 Å².